The smallest absolute Gasteiger partial charge is 0.255 e. The number of carbonyl (C=O) groups excluding carboxylic acids is 1. The molecule has 100 valence electrons. The molecule has 0 radical (unpaired) electrons. The summed E-state index contributed by atoms with van der Waals surface area (Å²) in [6.07, 6.45) is 0. The van der Waals surface area contributed by atoms with E-state index in [2.05, 4.69) is 21.1 Å². The van der Waals surface area contributed by atoms with Crippen molar-refractivity contribution in [2.75, 3.05) is 6.61 Å². The number of carbonyl (C=O) groups is 1. The Morgan fingerprint density at radius 1 is 1.26 bits per heavy atom. The molecule has 0 fully saturated rings. The van der Waals surface area contributed by atoms with Crippen LogP contribution in [0.2, 0.25) is 0 Å². The van der Waals surface area contributed by atoms with Crippen molar-refractivity contribution in [1.82, 2.24) is 5.16 Å². The Balaban J connectivity index is 1.86. The fourth-order valence-corrected chi connectivity index (χ4v) is 1.62. The molecule has 0 atom stereocenters. The fourth-order valence-electron chi connectivity index (χ4n) is 1.30. The van der Waals surface area contributed by atoms with Gasteiger partial charge in [-0.15, -0.1) is 0 Å². The second-order valence-corrected chi connectivity index (χ2v) is 4.44. The summed E-state index contributed by atoms with van der Waals surface area (Å²) in [5.74, 6) is 1.30. The SMILES string of the molecule is NC(=O)COc1ccc(OCc2cc(Br)no2)cc1. The van der Waals surface area contributed by atoms with Gasteiger partial charge in [0.25, 0.3) is 5.91 Å². The van der Waals surface area contributed by atoms with E-state index in [1.54, 1.807) is 30.3 Å². The maximum atomic E-state index is 10.6. The quantitative estimate of drug-likeness (QED) is 0.875. The van der Waals surface area contributed by atoms with Crippen LogP contribution >= 0.6 is 15.9 Å². The maximum Gasteiger partial charge on any atom is 0.255 e. The Kier molecular flexibility index (Phi) is 4.40. The van der Waals surface area contributed by atoms with Crippen LogP contribution in [0.25, 0.3) is 0 Å². The molecule has 7 heteroatoms. The van der Waals surface area contributed by atoms with Gasteiger partial charge < -0.3 is 19.7 Å². The van der Waals surface area contributed by atoms with Crippen molar-refractivity contribution in [2.24, 2.45) is 5.73 Å². The van der Waals surface area contributed by atoms with Gasteiger partial charge in [0, 0.05) is 6.07 Å². The summed E-state index contributed by atoms with van der Waals surface area (Å²) in [5, 5.41) is 3.68. The monoisotopic (exact) mass is 326 g/mol. The summed E-state index contributed by atoms with van der Waals surface area (Å²) >= 11 is 3.18. The minimum atomic E-state index is -0.517. The van der Waals surface area contributed by atoms with Crippen molar-refractivity contribution in [1.29, 1.82) is 0 Å². The van der Waals surface area contributed by atoms with Crippen LogP contribution in [0.5, 0.6) is 11.5 Å². The first-order chi connectivity index (χ1) is 9.13. The Morgan fingerprint density at radius 3 is 2.42 bits per heavy atom. The highest BCUT2D eigenvalue weighted by Crippen LogP contribution is 2.19. The summed E-state index contributed by atoms with van der Waals surface area (Å²) in [4.78, 5) is 10.6. The van der Waals surface area contributed by atoms with Gasteiger partial charge >= 0.3 is 0 Å². The van der Waals surface area contributed by atoms with Gasteiger partial charge in [-0.05, 0) is 40.2 Å². The van der Waals surface area contributed by atoms with E-state index in [0.717, 1.165) is 0 Å². The highest BCUT2D eigenvalue weighted by atomic mass is 79.9. The van der Waals surface area contributed by atoms with Crippen LogP contribution < -0.4 is 15.2 Å². The number of benzene rings is 1. The minimum Gasteiger partial charge on any atom is -0.486 e. The van der Waals surface area contributed by atoms with Gasteiger partial charge in [0.05, 0.1) is 0 Å². The molecule has 0 saturated heterocycles. The molecule has 0 saturated carbocycles. The highest BCUT2D eigenvalue weighted by Gasteiger charge is 2.03. The van der Waals surface area contributed by atoms with E-state index >= 15 is 0 Å². The van der Waals surface area contributed by atoms with E-state index in [4.69, 9.17) is 19.7 Å². The van der Waals surface area contributed by atoms with E-state index in [1.807, 2.05) is 0 Å². The molecule has 1 amide bonds. The summed E-state index contributed by atoms with van der Waals surface area (Å²) in [6.45, 7) is 0.131. The second-order valence-electron chi connectivity index (χ2n) is 3.63. The number of halogens is 1. The molecule has 0 unspecified atom stereocenters. The van der Waals surface area contributed by atoms with Crippen LogP contribution in [0.4, 0.5) is 0 Å². The molecule has 1 heterocycles. The van der Waals surface area contributed by atoms with Crippen LogP contribution in [-0.2, 0) is 11.4 Å². The standard InChI is InChI=1S/C12H11BrN2O4/c13-11-5-10(19-15-11)6-17-8-1-3-9(4-2-8)18-7-12(14)16/h1-5H,6-7H2,(H2,14,16). The zero-order valence-corrected chi connectivity index (χ0v) is 11.4. The molecule has 0 aliphatic heterocycles. The van der Waals surface area contributed by atoms with Crippen molar-refractivity contribution in [2.45, 2.75) is 6.61 Å². The van der Waals surface area contributed by atoms with Crippen molar-refractivity contribution < 1.29 is 18.8 Å². The lowest BCUT2D eigenvalue weighted by Crippen LogP contribution is -2.19. The molecule has 2 N–H and O–H groups in total. The van der Waals surface area contributed by atoms with Crippen molar-refractivity contribution in [3.05, 3.63) is 40.7 Å². The van der Waals surface area contributed by atoms with Crippen molar-refractivity contribution in [3.63, 3.8) is 0 Å². The average molecular weight is 327 g/mol. The lowest BCUT2D eigenvalue weighted by molar-refractivity contribution is -0.119. The number of primary amides is 1. The first-order valence-electron chi connectivity index (χ1n) is 5.38. The van der Waals surface area contributed by atoms with Gasteiger partial charge in [-0.1, -0.05) is 5.16 Å². The first-order valence-corrected chi connectivity index (χ1v) is 6.18. The Morgan fingerprint density at radius 2 is 1.89 bits per heavy atom. The predicted octanol–water partition coefficient (Wildman–Crippen LogP) is 1.88. The molecule has 2 aromatic rings. The van der Waals surface area contributed by atoms with Crippen LogP contribution in [0.1, 0.15) is 5.76 Å². The fraction of sp³-hybridized carbons (Fsp3) is 0.167. The average Bonchev–Trinajstić information content (AvgIpc) is 2.81. The largest absolute Gasteiger partial charge is 0.486 e. The van der Waals surface area contributed by atoms with Crippen molar-refractivity contribution in [3.8, 4) is 11.5 Å². The number of hydrogen-bond acceptors (Lipinski definition) is 5. The lowest BCUT2D eigenvalue weighted by atomic mass is 10.3. The van der Waals surface area contributed by atoms with E-state index in [0.29, 0.717) is 21.9 Å². The van der Waals surface area contributed by atoms with Crippen LogP contribution in [0.3, 0.4) is 0 Å². The van der Waals surface area contributed by atoms with Gasteiger partial charge in [-0.2, -0.15) is 0 Å². The van der Waals surface area contributed by atoms with Crippen LogP contribution in [0, 0.1) is 0 Å². The molecule has 0 aliphatic rings. The summed E-state index contributed by atoms with van der Waals surface area (Å²) in [6, 6.07) is 8.55. The molecule has 6 nitrogen and oxygen atoms in total. The predicted molar refractivity (Wildman–Crippen MR) is 69.7 cm³/mol. The number of hydrogen-bond donors (Lipinski definition) is 1. The third-order valence-corrected chi connectivity index (χ3v) is 2.49. The van der Waals surface area contributed by atoms with Gasteiger partial charge in [0.2, 0.25) is 0 Å². The summed E-state index contributed by atoms with van der Waals surface area (Å²) in [5.41, 5.74) is 4.98. The first kappa shape index (κ1) is 13.4. The number of nitrogens with two attached hydrogens (primary N) is 1. The number of nitrogens with zero attached hydrogens (tertiary/aromatic N) is 1. The summed E-state index contributed by atoms with van der Waals surface area (Å²) in [7, 11) is 0. The van der Waals surface area contributed by atoms with Crippen LogP contribution in [0.15, 0.2) is 39.5 Å². The normalized spacial score (nSPS) is 10.2. The molecule has 2 rings (SSSR count). The maximum absolute atomic E-state index is 10.6. The van der Waals surface area contributed by atoms with E-state index in [9.17, 15) is 4.79 Å². The van der Waals surface area contributed by atoms with E-state index < -0.39 is 5.91 Å². The minimum absolute atomic E-state index is 0.147. The molecule has 0 bridgehead atoms. The number of aromatic nitrogens is 1. The third-order valence-electron chi connectivity index (χ3n) is 2.12. The molecule has 1 aromatic heterocycles. The van der Waals surface area contributed by atoms with Gasteiger partial charge in [-0.25, -0.2) is 0 Å². The molecule has 0 aliphatic carbocycles. The Labute approximate surface area is 117 Å². The van der Waals surface area contributed by atoms with E-state index in [-0.39, 0.29) is 13.2 Å². The zero-order chi connectivity index (χ0) is 13.7. The molecule has 19 heavy (non-hydrogen) atoms. The van der Waals surface area contributed by atoms with Gasteiger partial charge in [-0.3, -0.25) is 4.79 Å². The lowest BCUT2D eigenvalue weighted by Gasteiger charge is -2.06. The molecular formula is C12H11BrN2O4. The molecule has 1 aromatic carbocycles. The van der Waals surface area contributed by atoms with E-state index in [1.165, 1.54) is 0 Å². The topological polar surface area (TPSA) is 87.6 Å². The summed E-state index contributed by atoms with van der Waals surface area (Å²) < 4.78 is 16.2. The Hall–Kier alpha value is -2.02. The number of amides is 1. The van der Waals surface area contributed by atoms with Gasteiger partial charge in [0.1, 0.15) is 22.7 Å². The third kappa shape index (κ3) is 4.29. The second kappa shape index (κ2) is 6.24. The number of ether oxygens (including phenoxy) is 2. The Bertz CT molecular complexity index is 553. The number of rotatable bonds is 6. The molecule has 0 spiro atoms. The van der Waals surface area contributed by atoms with Crippen molar-refractivity contribution >= 4 is 21.8 Å². The zero-order valence-electron chi connectivity index (χ0n) is 9.84. The van der Waals surface area contributed by atoms with Crippen LogP contribution in [-0.4, -0.2) is 17.7 Å². The highest BCUT2D eigenvalue weighted by molar-refractivity contribution is 9.10. The van der Waals surface area contributed by atoms with Gasteiger partial charge in [0.15, 0.2) is 12.4 Å². The molecular weight excluding hydrogens is 316 g/mol.